The van der Waals surface area contributed by atoms with Gasteiger partial charge in [-0.1, -0.05) is 205 Å². The van der Waals surface area contributed by atoms with Crippen LogP contribution in [0.4, 0.5) is 0 Å². The monoisotopic (exact) mass is 2500 g/mol. The van der Waals surface area contributed by atoms with Crippen LogP contribution in [-0.4, -0.2) is 47.1 Å². The SMILES string of the molecule is CC(C)(C)Cc1ccc2c(c1)c1ccc[c-]c1c1nc3ccccc3n21.Cc1ccc2c(c1)c1c(C)cc[c-]c1c1ncc(-c3c(C)cccc3C)n21.Cc1ccc2c(c1)c1ccc[c-]c1c1nc3ccccc3n21.Cc1cccc(C)c1-n1c(-c2[c-]cccc2)nc2ccccc21.[Ir].[Ir].[Ir].[Ir].[Ir].[c-]1cccc2c1c1nc3ccccc3n1c1ccccc21. The molecule has 0 amide bonds. The molecule has 0 bridgehead atoms. The summed E-state index contributed by atoms with van der Waals surface area (Å²) in [5.41, 5.74) is 32.4. The van der Waals surface area contributed by atoms with Crippen LogP contribution in [0.25, 0.3) is 182 Å². The number of aromatic nitrogens is 10. The second kappa shape index (κ2) is 36.1. The molecular weight excluding hydrogens is 2410 g/mol. The number of pyridine rings is 4. The van der Waals surface area contributed by atoms with Gasteiger partial charge in [-0.05, 0) is 176 Å². The molecule has 0 spiro atoms. The van der Waals surface area contributed by atoms with Crippen LogP contribution in [-0.2, 0) is 107 Å². The largest absolute Gasteiger partial charge is 0.333 e. The minimum atomic E-state index is 0. The van der Waals surface area contributed by atoms with Gasteiger partial charge in [0.25, 0.3) is 0 Å². The molecule has 0 fully saturated rings. The molecule has 9 aromatic heterocycles. The molecule has 24 rings (SSSR count). The molecule has 0 aliphatic heterocycles. The van der Waals surface area contributed by atoms with Gasteiger partial charge in [0.2, 0.25) is 0 Å². The maximum absolute atomic E-state index is 4.91. The van der Waals surface area contributed by atoms with E-state index in [0.717, 1.165) is 112 Å². The number of fused-ring (bicyclic) bond motifs is 31. The predicted octanol–water partition coefficient (Wildman–Crippen LogP) is 27.1. The van der Waals surface area contributed by atoms with E-state index in [1.807, 2.05) is 85.1 Å². The summed E-state index contributed by atoms with van der Waals surface area (Å²) in [6, 6.07) is 122. The summed E-state index contributed by atoms with van der Waals surface area (Å²) < 4.78 is 11.3. The van der Waals surface area contributed by atoms with Gasteiger partial charge in [-0.3, -0.25) is 24.9 Å². The third-order valence-electron chi connectivity index (χ3n) is 23.1. The molecule has 0 saturated carbocycles. The van der Waals surface area contributed by atoms with E-state index in [1.54, 1.807) is 0 Å². The van der Waals surface area contributed by atoms with Gasteiger partial charge in [-0.2, -0.15) is 0 Å². The normalized spacial score (nSPS) is 11.3. The number of imidazole rings is 5. The molecule has 24 aromatic rings. The summed E-state index contributed by atoms with van der Waals surface area (Å²) in [4.78, 5) is 24.3. The van der Waals surface area contributed by atoms with Crippen molar-refractivity contribution in [2.24, 2.45) is 5.41 Å². The van der Waals surface area contributed by atoms with Crippen LogP contribution in [0.15, 0.2) is 310 Å². The summed E-state index contributed by atoms with van der Waals surface area (Å²) in [7, 11) is 0. The number of rotatable bonds is 4. The third kappa shape index (κ3) is 15.6. The van der Waals surface area contributed by atoms with Crippen LogP contribution < -0.4 is 0 Å². The minimum absolute atomic E-state index is 0. The van der Waals surface area contributed by atoms with Crippen molar-refractivity contribution in [1.82, 2.24) is 47.1 Å². The molecule has 0 unspecified atom stereocenters. The first-order valence-electron chi connectivity index (χ1n) is 40.7. The van der Waals surface area contributed by atoms with Crippen LogP contribution in [0.1, 0.15) is 65.3 Å². The van der Waals surface area contributed by atoms with Gasteiger partial charge < -0.3 is 22.2 Å². The second-order valence-corrected chi connectivity index (χ2v) is 32.6. The zero-order valence-corrected chi connectivity index (χ0v) is 81.8. The van der Waals surface area contributed by atoms with E-state index in [4.69, 9.17) is 24.9 Å². The fourth-order valence-corrected chi connectivity index (χ4v) is 18.0. The predicted molar refractivity (Wildman–Crippen MR) is 496 cm³/mol. The maximum Gasteiger partial charge on any atom is 0.0774 e. The van der Waals surface area contributed by atoms with Crippen molar-refractivity contribution in [3.05, 3.63) is 384 Å². The third-order valence-corrected chi connectivity index (χ3v) is 23.1. The Bertz CT molecular complexity index is 8150. The molecule has 15 aromatic carbocycles. The fourth-order valence-electron chi connectivity index (χ4n) is 18.0. The number of aryl methyl sites for hydroxylation is 7. The second-order valence-electron chi connectivity index (χ2n) is 32.6. The number of para-hydroxylation sites is 10. The van der Waals surface area contributed by atoms with Gasteiger partial charge in [0.1, 0.15) is 0 Å². The van der Waals surface area contributed by atoms with Gasteiger partial charge in [0, 0.05) is 140 Å². The summed E-state index contributed by atoms with van der Waals surface area (Å²) >= 11 is 0. The Labute approximate surface area is 787 Å². The summed E-state index contributed by atoms with van der Waals surface area (Å²) in [5, 5.41) is 14.2. The molecule has 0 aliphatic carbocycles. The summed E-state index contributed by atoms with van der Waals surface area (Å²) in [6.07, 6.45) is 3.07. The average molecular weight is 2490 g/mol. The fraction of sp³-hybridized carbons (Fsp3) is 0.110. The smallest absolute Gasteiger partial charge is 0.0774 e. The number of nitrogens with zero attached hydrogens (tertiary/aromatic N) is 10. The first kappa shape index (κ1) is 87.5. The number of benzene rings is 15. The topological polar surface area (TPSA) is 87.0 Å². The van der Waals surface area contributed by atoms with Crippen molar-refractivity contribution < 1.29 is 101 Å². The molecule has 619 valence electrons. The Morgan fingerprint density at radius 2 is 0.710 bits per heavy atom. The molecular formula is C109H83Ir5N10-5. The van der Waals surface area contributed by atoms with Crippen molar-refractivity contribution in [2.75, 3.05) is 0 Å². The van der Waals surface area contributed by atoms with E-state index in [-0.39, 0.29) is 106 Å². The maximum atomic E-state index is 4.91. The van der Waals surface area contributed by atoms with Gasteiger partial charge in [-0.15, -0.1) is 149 Å². The van der Waals surface area contributed by atoms with Crippen LogP contribution >= 0.6 is 0 Å². The zero-order chi connectivity index (χ0) is 80.9. The molecule has 15 heteroatoms. The van der Waals surface area contributed by atoms with Crippen LogP contribution in [0.3, 0.4) is 0 Å². The Morgan fingerprint density at radius 1 is 0.298 bits per heavy atom. The molecule has 124 heavy (non-hydrogen) atoms. The van der Waals surface area contributed by atoms with Crippen LogP contribution in [0.5, 0.6) is 0 Å². The molecule has 0 aliphatic rings. The van der Waals surface area contributed by atoms with Crippen molar-refractivity contribution in [1.29, 1.82) is 0 Å². The minimum Gasteiger partial charge on any atom is -0.333 e. The van der Waals surface area contributed by atoms with Gasteiger partial charge in [0.15, 0.2) is 0 Å². The quantitative estimate of drug-likeness (QED) is 0.129. The van der Waals surface area contributed by atoms with Crippen molar-refractivity contribution in [2.45, 2.75) is 75.7 Å². The van der Waals surface area contributed by atoms with E-state index in [0.29, 0.717) is 0 Å². The zero-order valence-electron chi connectivity index (χ0n) is 69.8. The molecule has 0 atom stereocenters. The average Bonchev–Trinajstić information content (AvgIpc) is 1.53. The van der Waals surface area contributed by atoms with E-state index in [9.17, 15) is 0 Å². The Hall–Kier alpha value is -11.4. The van der Waals surface area contributed by atoms with Crippen LogP contribution in [0, 0.1) is 84.2 Å². The molecule has 0 N–H and O–H groups in total. The van der Waals surface area contributed by atoms with Crippen molar-refractivity contribution in [3.8, 4) is 28.3 Å². The van der Waals surface area contributed by atoms with Crippen molar-refractivity contribution in [3.63, 3.8) is 0 Å². The van der Waals surface area contributed by atoms with E-state index < -0.39 is 0 Å². The van der Waals surface area contributed by atoms with Crippen LogP contribution in [0.2, 0.25) is 0 Å². The van der Waals surface area contributed by atoms with Gasteiger partial charge >= 0.3 is 0 Å². The van der Waals surface area contributed by atoms with Gasteiger partial charge in [-0.25, -0.2) is 0 Å². The number of hydrogen-bond donors (Lipinski definition) is 0. The number of hydrogen-bond acceptors (Lipinski definition) is 5. The van der Waals surface area contributed by atoms with E-state index in [2.05, 4.69) is 346 Å². The Morgan fingerprint density at radius 3 is 1.23 bits per heavy atom. The molecule has 0 saturated heterocycles. The standard InChI is InChI=1S/C25H21N2.C24H21N2.C21H17N2.C20H13N2.C19H11N2.5Ir/c1-15-11-12-21-20(13-15)24-18(4)9-6-10-19(24)25-26-14-22(27(21)25)23-16(2)7-5-8-17(23)3;1-24(2,3)15-16-12-13-21-19(14-16)17-8-4-5-9-18(17)23-25-20-10-6-7-11-22(20)26(21)23;1-15-9-8-10-16(2)20(15)23-19-14-7-6-13-18(19)22-21(23)17-11-4-3-5-12-17;1-13-10-11-18-16(12-13)14-6-2-3-7-15(14)20-21-17-8-4-5-9-19(17)22(18)20;1-2-9-15-13(7-1)14-8-3-5-11-17(14)21-18-12-6-4-10-16(18)20-19(15)21;;;;;/h5-9,11-14H,1-4H3;4-8,10-14H,15H2,1-3H3;3-11,13-14H,1-2H3;2-6,8-12H,1H3;1-8,10-12H;;;;;/q5*-1;;;;;. The molecule has 5 radical (unpaired) electrons. The first-order chi connectivity index (χ1) is 58.1. The van der Waals surface area contributed by atoms with E-state index >= 15 is 0 Å². The Balaban J connectivity index is 0.000000119. The summed E-state index contributed by atoms with van der Waals surface area (Å²) in [6.45, 7) is 22.0. The summed E-state index contributed by atoms with van der Waals surface area (Å²) in [5.74, 6) is 0.934. The van der Waals surface area contributed by atoms with Gasteiger partial charge in [0.05, 0.1) is 78.2 Å². The molecule has 9 heterocycles. The first-order valence-corrected chi connectivity index (χ1v) is 40.7. The van der Waals surface area contributed by atoms with E-state index in [1.165, 1.54) is 121 Å². The Kier molecular flexibility index (Phi) is 25.5. The molecule has 10 nitrogen and oxygen atoms in total. The van der Waals surface area contributed by atoms with Crippen molar-refractivity contribution >= 4 is 153 Å².